The Hall–Kier alpha value is -2.23. The number of thiophene rings is 1. The standard InChI is InChI=1S/C19H25N3O4SSi/c1-11-15(23)17(18(24)25)27-16(11)13-7-21-14-8-20-12(9-22(13)14)10-26-28(5,6)19(2,3)4/h7-9,23H,10H2,1-6H3,(H,24,25). The van der Waals surface area contributed by atoms with Crippen molar-refractivity contribution in [1.82, 2.24) is 14.4 Å². The highest BCUT2D eigenvalue weighted by Crippen LogP contribution is 2.41. The quantitative estimate of drug-likeness (QED) is 0.582. The normalized spacial score (nSPS) is 12.6. The molecule has 3 aromatic rings. The highest BCUT2D eigenvalue weighted by atomic mass is 32.1. The molecule has 28 heavy (non-hydrogen) atoms. The second kappa shape index (κ2) is 6.98. The van der Waals surface area contributed by atoms with Gasteiger partial charge in [-0.15, -0.1) is 11.3 Å². The average Bonchev–Trinajstić information content (AvgIpc) is 3.13. The van der Waals surface area contributed by atoms with Gasteiger partial charge in [0.2, 0.25) is 0 Å². The first-order chi connectivity index (χ1) is 12.9. The third-order valence-electron chi connectivity index (χ3n) is 5.38. The van der Waals surface area contributed by atoms with Crippen LogP contribution in [0.15, 0.2) is 18.6 Å². The van der Waals surface area contributed by atoms with Crippen molar-refractivity contribution in [3.63, 3.8) is 0 Å². The van der Waals surface area contributed by atoms with E-state index in [0.29, 0.717) is 22.7 Å². The van der Waals surface area contributed by atoms with Crippen LogP contribution in [-0.2, 0) is 11.0 Å². The summed E-state index contributed by atoms with van der Waals surface area (Å²) in [5, 5.41) is 19.5. The lowest BCUT2D eigenvalue weighted by Crippen LogP contribution is -2.40. The maximum atomic E-state index is 11.3. The van der Waals surface area contributed by atoms with Gasteiger partial charge in [-0.3, -0.25) is 9.38 Å². The van der Waals surface area contributed by atoms with Gasteiger partial charge in [-0.1, -0.05) is 20.8 Å². The van der Waals surface area contributed by atoms with Crippen molar-refractivity contribution < 1.29 is 19.4 Å². The van der Waals surface area contributed by atoms with Crippen LogP contribution in [0.5, 0.6) is 5.75 Å². The minimum absolute atomic E-state index is 0.0713. The van der Waals surface area contributed by atoms with Crippen molar-refractivity contribution in [3.05, 3.63) is 34.7 Å². The van der Waals surface area contributed by atoms with E-state index in [4.69, 9.17) is 4.43 Å². The Kier molecular flexibility index (Phi) is 5.11. The highest BCUT2D eigenvalue weighted by Gasteiger charge is 2.37. The van der Waals surface area contributed by atoms with E-state index in [1.807, 2.05) is 10.6 Å². The van der Waals surface area contributed by atoms with E-state index in [-0.39, 0.29) is 15.7 Å². The van der Waals surface area contributed by atoms with E-state index in [9.17, 15) is 15.0 Å². The molecule has 7 nitrogen and oxygen atoms in total. The van der Waals surface area contributed by atoms with Crippen LogP contribution in [0, 0.1) is 6.92 Å². The second-order valence-corrected chi connectivity index (χ2v) is 14.2. The van der Waals surface area contributed by atoms with Crippen LogP contribution >= 0.6 is 11.3 Å². The molecule has 3 aromatic heterocycles. The number of rotatable bonds is 5. The van der Waals surface area contributed by atoms with Crippen LogP contribution in [0.4, 0.5) is 0 Å². The fourth-order valence-corrected chi connectivity index (χ4v) is 4.53. The summed E-state index contributed by atoms with van der Waals surface area (Å²) < 4.78 is 8.12. The van der Waals surface area contributed by atoms with Crippen LogP contribution < -0.4 is 0 Å². The Labute approximate surface area is 168 Å². The van der Waals surface area contributed by atoms with Gasteiger partial charge in [0.15, 0.2) is 18.8 Å². The Bertz CT molecular complexity index is 1050. The molecule has 0 atom stereocenters. The molecule has 3 heterocycles. The zero-order valence-corrected chi connectivity index (χ0v) is 18.7. The first kappa shape index (κ1) is 20.5. The predicted octanol–water partition coefficient (Wildman–Crippen LogP) is 4.69. The Morgan fingerprint density at radius 2 is 1.96 bits per heavy atom. The number of aromatic hydroxyl groups is 1. The minimum Gasteiger partial charge on any atom is -0.506 e. The molecule has 0 fully saturated rings. The molecule has 150 valence electrons. The number of carbonyl (C=O) groups is 1. The molecule has 0 bridgehead atoms. The fourth-order valence-electron chi connectivity index (χ4n) is 2.54. The lowest BCUT2D eigenvalue weighted by Gasteiger charge is -2.36. The number of imidazole rings is 1. The number of hydrogen-bond acceptors (Lipinski definition) is 6. The van der Waals surface area contributed by atoms with E-state index >= 15 is 0 Å². The molecule has 3 rings (SSSR count). The molecule has 0 spiro atoms. The molecule has 0 amide bonds. The van der Waals surface area contributed by atoms with Gasteiger partial charge in [0.05, 0.1) is 35.3 Å². The maximum Gasteiger partial charge on any atom is 0.349 e. The SMILES string of the molecule is Cc1c(-c2cnc3cnc(CO[Si](C)(C)C(C)(C)C)cn23)sc(C(=O)O)c1O. The van der Waals surface area contributed by atoms with Crippen LogP contribution in [0.2, 0.25) is 18.1 Å². The van der Waals surface area contributed by atoms with E-state index in [2.05, 4.69) is 43.8 Å². The lowest BCUT2D eigenvalue weighted by atomic mass is 10.2. The number of aromatic nitrogens is 3. The maximum absolute atomic E-state index is 11.3. The number of carboxylic acids is 1. The van der Waals surface area contributed by atoms with Gasteiger partial charge in [-0.25, -0.2) is 9.78 Å². The largest absolute Gasteiger partial charge is 0.506 e. The molecule has 0 saturated heterocycles. The molecule has 2 N–H and O–H groups in total. The molecule has 0 aliphatic carbocycles. The number of aromatic carboxylic acids is 1. The first-order valence-electron chi connectivity index (χ1n) is 8.94. The van der Waals surface area contributed by atoms with Gasteiger partial charge in [0.1, 0.15) is 5.75 Å². The monoisotopic (exact) mass is 419 g/mol. The topological polar surface area (TPSA) is 97.0 Å². The smallest absolute Gasteiger partial charge is 0.349 e. The number of carboxylic acid groups (broad SMARTS) is 1. The van der Waals surface area contributed by atoms with Gasteiger partial charge in [0.25, 0.3) is 0 Å². The molecule has 0 radical (unpaired) electrons. The summed E-state index contributed by atoms with van der Waals surface area (Å²) in [6, 6.07) is 0. The van der Waals surface area contributed by atoms with Crippen molar-refractivity contribution in [3.8, 4) is 16.3 Å². The Morgan fingerprint density at radius 3 is 2.54 bits per heavy atom. The Balaban J connectivity index is 1.98. The molecular weight excluding hydrogens is 394 g/mol. The average molecular weight is 420 g/mol. The number of nitrogens with zero attached hydrogens (tertiary/aromatic N) is 3. The van der Waals surface area contributed by atoms with E-state index < -0.39 is 14.3 Å². The van der Waals surface area contributed by atoms with Gasteiger partial charge in [-0.2, -0.15) is 0 Å². The van der Waals surface area contributed by atoms with Crippen molar-refractivity contribution in [2.45, 2.75) is 52.4 Å². The summed E-state index contributed by atoms with van der Waals surface area (Å²) in [4.78, 5) is 20.7. The summed E-state index contributed by atoms with van der Waals surface area (Å²) in [6.07, 6.45) is 5.20. The van der Waals surface area contributed by atoms with E-state index in [1.165, 1.54) is 0 Å². The number of fused-ring (bicyclic) bond motifs is 1. The van der Waals surface area contributed by atoms with Crippen molar-refractivity contribution in [2.75, 3.05) is 0 Å². The summed E-state index contributed by atoms with van der Waals surface area (Å²) in [5.74, 6) is -1.34. The molecule has 9 heteroatoms. The second-order valence-electron chi connectivity index (χ2n) is 8.34. The molecule has 0 aliphatic heterocycles. The van der Waals surface area contributed by atoms with Crippen LogP contribution in [0.3, 0.4) is 0 Å². The van der Waals surface area contributed by atoms with Gasteiger partial charge >= 0.3 is 5.97 Å². The highest BCUT2D eigenvalue weighted by molar-refractivity contribution is 7.17. The van der Waals surface area contributed by atoms with Crippen molar-refractivity contribution >= 4 is 31.3 Å². The third kappa shape index (κ3) is 3.57. The van der Waals surface area contributed by atoms with Gasteiger partial charge in [-0.05, 0) is 25.1 Å². The summed E-state index contributed by atoms with van der Waals surface area (Å²) >= 11 is 1.04. The van der Waals surface area contributed by atoms with Crippen LogP contribution in [0.1, 0.15) is 41.7 Å². The van der Waals surface area contributed by atoms with Gasteiger partial charge < -0.3 is 14.6 Å². The molecule has 0 aromatic carbocycles. The fraction of sp³-hybridized carbons (Fsp3) is 0.421. The molecular formula is C19H25N3O4SSi. The van der Waals surface area contributed by atoms with Gasteiger partial charge in [0, 0.05) is 11.8 Å². The molecule has 0 unspecified atom stereocenters. The third-order valence-corrected chi connectivity index (χ3v) is 11.1. The number of hydrogen-bond donors (Lipinski definition) is 2. The molecule has 0 aliphatic rings. The lowest BCUT2D eigenvalue weighted by molar-refractivity contribution is 0.0699. The van der Waals surface area contributed by atoms with Crippen LogP contribution in [-0.4, -0.2) is 38.9 Å². The molecule has 0 saturated carbocycles. The van der Waals surface area contributed by atoms with Crippen LogP contribution in [0.25, 0.3) is 16.2 Å². The van der Waals surface area contributed by atoms with Crippen molar-refractivity contribution in [2.24, 2.45) is 0 Å². The predicted molar refractivity (Wildman–Crippen MR) is 112 cm³/mol. The Morgan fingerprint density at radius 1 is 1.29 bits per heavy atom. The zero-order valence-electron chi connectivity index (χ0n) is 16.9. The van der Waals surface area contributed by atoms with E-state index in [0.717, 1.165) is 22.7 Å². The summed E-state index contributed by atoms with van der Waals surface area (Å²) in [6.45, 7) is 13.1. The van der Waals surface area contributed by atoms with E-state index in [1.54, 1.807) is 19.3 Å². The van der Waals surface area contributed by atoms with Crippen molar-refractivity contribution in [1.29, 1.82) is 0 Å². The summed E-state index contributed by atoms with van der Waals surface area (Å²) in [5.41, 5.74) is 2.67. The summed E-state index contributed by atoms with van der Waals surface area (Å²) in [7, 11) is -1.90. The first-order valence-corrected chi connectivity index (χ1v) is 12.7. The minimum atomic E-state index is -1.90. The zero-order chi connectivity index (χ0) is 20.9.